The number of hydrogen-bond acceptors (Lipinski definition) is 3. The van der Waals surface area contributed by atoms with Gasteiger partial charge in [-0.25, -0.2) is 0 Å². The average Bonchev–Trinajstić information content (AvgIpc) is 2.54. The van der Waals surface area contributed by atoms with Crippen molar-refractivity contribution in [2.24, 2.45) is 0 Å². The Morgan fingerprint density at radius 3 is 2.83 bits per heavy atom. The first-order valence-electron chi connectivity index (χ1n) is 7.92. The van der Waals surface area contributed by atoms with E-state index in [2.05, 4.69) is 5.32 Å². The number of likely N-dealkylation sites (tertiary alicyclic amines) is 1. The monoisotopic (exact) mass is 338 g/mol. The maximum atomic E-state index is 12.8. The minimum Gasteiger partial charge on any atom is -0.495 e. The lowest BCUT2D eigenvalue weighted by Crippen LogP contribution is -2.45. The van der Waals surface area contributed by atoms with E-state index in [1.807, 2.05) is 4.90 Å². The van der Waals surface area contributed by atoms with Gasteiger partial charge < -0.3 is 15.0 Å². The van der Waals surface area contributed by atoms with Crippen molar-refractivity contribution in [3.8, 4) is 5.75 Å². The van der Waals surface area contributed by atoms with Crippen molar-refractivity contribution in [1.29, 1.82) is 0 Å². The van der Waals surface area contributed by atoms with Crippen LogP contribution in [0.25, 0.3) is 0 Å². The van der Waals surface area contributed by atoms with Crippen LogP contribution in [0.5, 0.6) is 5.75 Å². The van der Waals surface area contributed by atoms with Crippen molar-refractivity contribution >= 4 is 23.4 Å². The topological polar surface area (TPSA) is 58.6 Å². The molecule has 1 N–H and O–H groups in total. The Labute approximate surface area is 141 Å². The molecular weight excluding hydrogens is 316 g/mol. The van der Waals surface area contributed by atoms with E-state index in [9.17, 15) is 9.59 Å². The van der Waals surface area contributed by atoms with E-state index in [1.54, 1.807) is 25.3 Å². The zero-order chi connectivity index (χ0) is 16.8. The Kier molecular flexibility index (Phi) is 6.28. The van der Waals surface area contributed by atoms with E-state index in [1.165, 1.54) is 6.92 Å². The third kappa shape index (κ3) is 4.61. The molecule has 23 heavy (non-hydrogen) atoms. The molecule has 1 fully saturated rings. The van der Waals surface area contributed by atoms with E-state index in [0.717, 1.165) is 32.2 Å². The summed E-state index contributed by atoms with van der Waals surface area (Å²) in [5.74, 6) is 0.506. The minimum absolute atomic E-state index is 0.0120. The predicted octanol–water partition coefficient (Wildman–Crippen LogP) is 2.87. The van der Waals surface area contributed by atoms with Gasteiger partial charge in [-0.15, -0.1) is 0 Å². The number of carbonyl (C=O) groups excluding carboxylic acids is 2. The molecule has 1 aromatic rings. The zero-order valence-corrected chi connectivity index (χ0v) is 14.4. The van der Waals surface area contributed by atoms with Crippen LogP contribution in [0.4, 0.5) is 0 Å². The number of nitrogens with zero attached hydrogens (tertiary/aromatic N) is 1. The largest absolute Gasteiger partial charge is 0.495 e. The summed E-state index contributed by atoms with van der Waals surface area (Å²) in [6.45, 7) is 2.84. The number of ether oxygens (including phenoxy) is 1. The summed E-state index contributed by atoms with van der Waals surface area (Å²) in [4.78, 5) is 25.7. The molecule has 1 heterocycles. The molecule has 0 radical (unpaired) electrons. The van der Waals surface area contributed by atoms with E-state index >= 15 is 0 Å². The summed E-state index contributed by atoms with van der Waals surface area (Å²) in [6, 6.07) is 5.27. The van der Waals surface area contributed by atoms with Crippen LogP contribution in [0.2, 0.25) is 5.02 Å². The maximum Gasteiger partial charge on any atom is 0.254 e. The Bertz CT molecular complexity index is 577. The Morgan fingerprint density at radius 1 is 1.39 bits per heavy atom. The molecule has 2 amide bonds. The molecule has 5 nitrogen and oxygen atoms in total. The number of methoxy groups -OCH3 is 1. The highest BCUT2D eigenvalue weighted by Crippen LogP contribution is 2.27. The predicted molar refractivity (Wildman–Crippen MR) is 90.0 cm³/mol. The molecule has 126 valence electrons. The summed E-state index contributed by atoms with van der Waals surface area (Å²) >= 11 is 6.12. The van der Waals surface area contributed by atoms with Gasteiger partial charge in [0, 0.05) is 31.6 Å². The summed E-state index contributed by atoms with van der Waals surface area (Å²) in [5, 5.41) is 3.24. The molecule has 2 rings (SSSR count). The SMILES string of the molecule is COc1ccc(C(=O)N2CCCC[C@H]2CCNC(C)=O)cc1Cl. The molecule has 6 heteroatoms. The molecule has 1 aliphatic rings. The lowest BCUT2D eigenvalue weighted by Gasteiger charge is -2.36. The molecule has 1 atom stereocenters. The van der Waals surface area contributed by atoms with Gasteiger partial charge in [-0.2, -0.15) is 0 Å². The van der Waals surface area contributed by atoms with Crippen molar-refractivity contribution in [2.75, 3.05) is 20.2 Å². The van der Waals surface area contributed by atoms with E-state index < -0.39 is 0 Å². The van der Waals surface area contributed by atoms with Gasteiger partial charge in [0.05, 0.1) is 12.1 Å². The maximum absolute atomic E-state index is 12.8. The number of carbonyl (C=O) groups is 2. The van der Waals surface area contributed by atoms with Crippen LogP contribution in [-0.4, -0.2) is 43.0 Å². The van der Waals surface area contributed by atoms with Crippen molar-refractivity contribution < 1.29 is 14.3 Å². The van der Waals surface area contributed by atoms with E-state index in [-0.39, 0.29) is 17.9 Å². The third-order valence-corrected chi connectivity index (χ3v) is 4.43. The average molecular weight is 339 g/mol. The number of piperidine rings is 1. The van der Waals surface area contributed by atoms with Gasteiger partial charge in [0.25, 0.3) is 5.91 Å². The molecule has 1 saturated heterocycles. The minimum atomic E-state index is -0.0411. The van der Waals surface area contributed by atoms with Gasteiger partial charge in [0.2, 0.25) is 5.91 Å². The van der Waals surface area contributed by atoms with Crippen molar-refractivity contribution in [3.63, 3.8) is 0 Å². The molecule has 1 aliphatic heterocycles. The first-order chi connectivity index (χ1) is 11.0. The Hall–Kier alpha value is -1.75. The molecule has 1 aromatic carbocycles. The normalized spacial score (nSPS) is 17.7. The highest BCUT2D eigenvalue weighted by atomic mass is 35.5. The van der Waals surface area contributed by atoms with Gasteiger partial charge in [-0.3, -0.25) is 9.59 Å². The quantitative estimate of drug-likeness (QED) is 0.898. The summed E-state index contributed by atoms with van der Waals surface area (Å²) < 4.78 is 5.12. The van der Waals surface area contributed by atoms with E-state index in [0.29, 0.717) is 22.9 Å². The molecule has 0 saturated carbocycles. The standard InChI is InChI=1S/C17H23ClN2O3/c1-12(21)19-9-8-14-5-3-4-10-20(14)17(22)13-6-7-16(23-2)15(18)11-13/h6-7,11,14H,3-5,8-10H2,1-2H3,(H,19,21)/t14-/m0/s1. The molecule has 0 aliphatic carbocycles. The molecule has 0 spiro atoms. The summed E-state index contributed by atoms with van der Waals surface area (Å²) in [5.41, 5.74) is 0.572. The first-order valence-corrected chi connectivity index (χ1v) is 8.29. The van der Waals surface area contributed by atoms with Crippen LogP contribution < -0.4 is 10.1 Å². The van der Waals surface area contributed by atoms with Crippen LogP contribution >= 0.6 is 11.6 Å². The number of nitrogens with one attached hydrogen (secondary N) is 1. The van der Waals surface area contributed by atoms with Crippen LogP contribution in [-0.2, 0) is 4.79 Å². The summed E-state index contributed by atoms with van der Waals surface area (Å²) in [6.07, 6.45) is 3.86. The fraction of sp³-hybridized carbons (Fsp3) is 0.529. The highest BCUT2D eigenvalue weighted by Gasteiger charge is 2.27. The second-order valence-electron chi connectivity index (χ2n) is 5.77. The van der Waals surface area contributed by atoms with Crippen LogP contribution in [0.3, 0.4) is 0 Å². The van der Waals surface area contributed by atoms with Crippen LogP contribution in [0, 0.1) is 0 Å². The Balaban J connectivity index is 2.08. The number of benzene rings is 1. The first kappa shape index (κ1) is 17.6. The second kappa shape index (κ2) is 8.20. The highest BCUT2D eigenvalue weighted by molar-refractivity contribution is 6.32. The number of amides is 2. The van der Waals surface area contributed by atoms with Gasteiger partial charge >= 0.3 is 0 Å². The van der Waals surface area contributed by atoms with Crippen LogP contribution in [0.15, 0.2) is 18.2 Å². The number of rotatable bonds is 5. The van der Waals surface area contributed by atoms with Crippen molar-refractivity contribution in [2.45, 2.75) is 38.6 Å². The lowest BCUT2D eigenvalue weighted by molar-refractivity contribution is -0.119. The lowest BCUT2D eigenvalue weighted by atomic mass is 9.98. The molecule has 0 bridgehead atoms. The fourth-order valence-corrected chi connectivity index (χ4v) is 3.21. The zero-order valence-electron chi connectivity index (χ0n) is 13.6. The van der Waals surface area contributed by atoms with Gasteiger partial charge in [0.1, 0.15) is 5.75 Å². The van der Waals surface area contributed by atoms with Gasteiger partial charge in [-0.1, -0.05) is 11.6 Å². The number of halogens is 1. The molecule has 0 unspecified atom stereocenters. The summed E-state index contributed by atoms with van der Waals surface area (Å²) in [7, 11) is 1.55. The van der Waals surface area contributed by atoms with Crippen molar-refractivity contribution in [3.05, 3.63) is 28.8 Å². The molecule has 0 aromatic heterocycles. The van der Waals surface area contributed by atoms with E-state index in [4.69, 9.17) is 16.3 Å². The van der Waals surface area contributed by atoms with Crippen molar-refractivity contribution in [1.82, 2.24) is 10.2 Å². The molecular formula is C17H23ClN2O3. The van der Waals surface area contributed by atoms with Crippen LogP contribution in [0.1, 0.15) is 43.0 Å². The Morgan fingerprint density at radius 2 is 2.17 bits per heavy atom. The third-order valence-electron chi connectivity index (χ3n) is 4.14. The second-order valence-corrected chi connectivity index (χ2v) is 6.18. The fourth-order valence-electron chi connectivity index (χ4n) is 2.95. The number of hydrogen-bond donors (Lipinski definition) is 1. The smallest absolute Gasteiger partial charge is 0.254 e. The van der Waals surface area contributed by atoms with Gasteiger partial charge in [-0.05, 0) is 43.9 Å². The van der Waals surface area contributed by atoms with Gasteiger partial charge in [0.15, 0.2) is 0 Å².